The number of hydrogen-bond acceptors (Lipinski definition) is 3. The Labute approximate surface area is 142 Å². The number of hydrogen-bond donors (Lipinski definition) is 0. The second-order valence-electron chi connectivity index (χ2n) is 6.13. The lowest BCUT2D eigenvalue weighted by Crippen LogP contribution is -2.27. The van der Waals surface area contributed by atoms with Gasteiger partial charge in [0.2, 0.25) is 0 Å². The molecule has 1 aromatic heterocycles. The zero-order valence-electron chi connectivity index (χ0n) is 13.8. The monoisotopic (exact) mass is 334 g/mol. The predicted molar refractivity (Wildman–Crippen MR) is 92.9 cm³/mol. The fraction of sp³-hybridized carbons (Fsp3) is 0.500. The molecule has 0 unspecified atom stereocenters. The Hall–Kier alpha value is -1.52. The maximum Gasteiger partial charge on any atom is 0.305 e. The highest BCUT2D eigenvalue weighted by molar-refractivity contribution is 6.31. The van der Waals surface area contributed by atoms with E-state index < -0.39 is 0 Å². The van der Waals surface area contributed by atoms with Gasteiger partial charge in [-0.25, -0.2) is 0 Å². The zero-order valence-corrected chi connectivity index (χ0v) is 14.5. The number of aromatic nitrogens is 1. The molecule has 0 saturated carbocycles. The van der Waals surface area contributed by atoms with Gasteiger partial charge in [-0.2, -0.15) is 0 Å². The summed E-state index contributed by atoms with van der Waals surface area (Å²) in [7, 11) is 2.15. The van der Waals surface area contributed by atoms with Gasteiger partial charge in [0.1, 0.15) is 0 Å². The van der Waals surface area contributed by atoms with E-state index in [-0.39, 0.29) is 5.97 Å². The van der Waals surface area contributed by atoms with E-state index in [0.29, 0.717) is 13.0 Å². The van der Waals surface area contributed by atoms with Gasteiger partial charge >= 0.3 is 5.97 Å². The lowest BCUT2D eigenvalue weighted by Gasteiger charge is -2.24. The first-order valence-corrected chi connectivity index (χ1v) is 8.61. The fourth-order valence-corrected chi connectivity index (χ4v) is 3.59. The summed E-state index contributed by atoms with van der Waals surface area (Å²) >= 11 is 6.20. The quantitative estimate of drug-likeness (QED) is 0.783. The van der Waals surface area contributed by atoms with E-state index in [9.17, 15) is 4.79 Å². The van der Waals surface area contributed by atoms with Gasteiger partial charge in [-0.1, -0.05) is 11.6 Å². The number of likely N-dealkylation sites (N-methyl/N-ethyl adjacent to an activating group) is 1. The van der Waals surface area contributed by atoms with Crippen LogP contribution >= 0.6 is 11.6 Å². The van der Waals surface area contributed by atoms with Crippen LogP contribution in [-0.2, 0) is 29.0 Å². The lowest BCUT2D eigenvalue weighted by atomic mass is 10.0. The van der Waals surface area contributed by atoms with Crippen LogP contribution in [0.2, 0.25) is 5.02 Å². The maximum absolute atomic E-state index is 11.6. The molecule has 0 spiro atoms. The van der Waals surface area contributed by atoms with Crippen LogP contribution in [0, 0.1) is 0 Å². The molecule has 0 radical (unpaired) electrons. The molecule has 3 rings (SSSR count). The number of fused-ring (bicyclic) bond motifs is 3. The third kappa shape index (κ3) is 3.38. The van der Waals surface area contributed by atoms with Crippen LogP contribution in [0.25, 0.3) is 10.9 Å². The van der Waals surface area contributed by atoms with Gasteiger partial charge in [0, 0.05) is 47.7 Å². The molecular formula is C18H23ClN2O2. The minimum absolute atomic E-state index is 0.113. The predicted octanol–water partition coefficient (Wildman–Crippen LogP) is 3.63. The lowest BCUT2D eigenvalue weighted by molar-refractivity contribution is -0.143. The molecule has 0 atom stereocenters. The third-order valence-corrected chi connectivity index (χ3v) is 4.71. The Kier molecular flexibility index (Phi) is 4.93. The molecule has 2 heterocycles. The summed E-state index contributed by atoms with van der Waals surface area (Å²) in [6.07, 6.45) is 2.31. The molecule has 0 N–H and O–H groups in total. The molecule has 4 nitrogen and oxygen atoms in total. The highest BCUT2D eigenvalue weighted by atomic mass is 35.5. The van der Waals surface area contributed by atoms with Crippen molar-refractivity contribution < 1.29 is 9.53 Å². The van der Waals surface area contributed by atoms with Crippen molar-refractivity contribution in [1.82, 2.24) is 9.47 Å². The number of ether oxygens (including phenoxy) is 1. The van der Waals surface area contributed by atoms with Crippen molar-refractivity contribution in [3.63, 3.8) is 0 Å². The molecule has 1 aromatic carbocycles. The highest BCUT2D eigenvalue weighted by Crippen LogP contribution is 2.32. The van der Waals surface area contributed by atoms with Gasteiger partial charge in [0.25, 0.3) is 0 Å². The van der Waals surface area contributed by atoms with Gasteiger partial charge in [-0.05, 0) is 50.6 Å². The number of esters is 1. The summed E-state index contributed by atoms with van der Waals surface area (Å²) < 4.78 is 7.38. The Bertz CT molecular complexity index is 723. The van der Waals surface area contributed by atoms with Crippen LogP contribution in [0.3, 0.4) is 0 Å². The number of aryl methyl sites for hydroxylation is 1. The molecule has 0 fully saturated rings. The summed E-state index contributed by atoms with van der Waals surface area (Å²) in [5.41, 5.74) is 4.00. The SMILES string of the molecule is CCOC(=O)CCCn1c2c(c3cc(Cl)ccc31)CCN(C)C2. The highest BCUT2D eigenvalue weighted by Gasteiger charge is 2.22. The van der Waals surface area contributed by atoms with Crippen molar-refractivity contribution in [3.8, 4) is 0 Å². The standard InChI is InChI=1S/C18H23ClN2O2/c1-3-23-18(22)5-4-9-21-16-7-6-13(19)11-15(16)14-8-10-20(2)12-17(14)21/h6-7,11H,3-5,8-10,12H2,1-2H3. The molecular weight excluding hydrogens is 312 g/mol. The van der Waals surface area contributed by atoms with Crippen molar-refractivity contribution >= 4 is 28.5 Å². The molecule has 0 amide bonds. The first-order valence-electron chi connectivity index (χ1n) is 8.23. The van der Waals surface area contributed by atoms with Crippen LogP contribution in [0.5, 0.6) is 0 Å². The average molecular weight is 335 g/mol. The molecule has 2 aromatic rings. The number of carbonyl (C=O) groups excluding carboxylic acids is 1. The van der Waals surface area contributed by atoms with Gasteiger partial charge in [-0.3, -0.25) is 4.79 Å². The number of carbonyl (C=O) groups is 1. The smallest absolute Gasteiger partial charge is 0.305 e. The topological polar surface area (TPSA) is 34.5 Å². The van der Waals surface area contributed by atoms with E-state index in [1.54, 1.807) is 0 Å². The summed E-state index contributed by atoms with van der Waals surface area (Å²) in [4.78, 5) is 13.9. The molecule has 0 saturated heterocycles. The molecule has 5 heteroatoms. The summed E-state index contributed by atoms with van der Waals surface area (Å²) in [6, 6.07) is 6.12. The van der Waals surface area contributed by atoms with Crippen LogP contribution < -0.4 is 0 Å². The second-order valence-corrected chi connectivity index (χ2v) is 6.57. The maximum atomic E-state index is 11.6. The van der Waals surface area contributed by atoms with E-state index in [1.165, 1.54) is 22.2 Å². The molecule has 0 bridgehead atoms. The van der Waals surface area contributed by atoms with Gasteiger partial charge in [0.15, 0.2) is 0 Å². The fourth-order valence-electron chi connectivity index (χ4n) is 3.42. The number of halogens is 1. The van der Waals surface area contributed by atoms with E-state index in [2.05, 4.69) is 28.6 Å². The van der Waals surface area contributed by atoms with Gasteiger partial charge in [-0.15, -0.1) is 0 Å². The van der Waals surface area contributed by atoms with Crippen molar-refractivity contribution in [2.24, 2.45) is 0 Å². The van der Waals surface area contributed by atoms with Crippen molar-refractivity contribution in [2.75, 3.05) is 20.2 Å². The Balaban J connectivity index is 1.89. The first kappa shape index (κ1) is 16.3. The average Bonchev–Trinajstić information content (AvgIpc) is 2.80. The first-order chi connectivity index (χ1) is 11.1. The second kappa shape index (κ2) is 6.93. The third-order valence-electron chi connectivity index (χ3n) is 4.48. The Morgan fingerprint density at radius 2 is 2.22 bits per heavy atom. The number of nitrogens with zero attached hydrogens (tertiary/aromatic N) is 2. The number of rotatable bonds is 5. The summed E-state index contributed by atoms with van der Waals surface area (Å²) in [5, 5.41) is 2.04. The van der Waals surface area contributed by atoms with Crippen molar-refractivity contribution in [2.45, 2.75) is 39.3 Å². The van der Waals surface area contributed by atoms with E-state index in [1.807, 2.05) is 13.0 Å². The minimum Gasteiger partial charge on any atom is -0.466 e. The molecule has 124 valence electrons. The molecule has 0 aliphatic carbocycles. The molecule has 1 aliphatic rings. The zero-order chi connectivity index (χ0) is 16.4. The largest absolute Gasteiger partial charge is 0.466 e. The van der Waals surface area contributed by atoms with E-state index in [0.717, 1.165) is 37.5 Å². The van der Waals surface area contributed by atoms with E-state index >= 15 is 0 Å². The Morgan fingerprint density at radius 1 is 1.39 bits per heavy atom. The Morgan fingerprint density at radius 3 is 3.00 bits per heavy atom. The van der Waals surface area contributed by atoms with Crippen LogP contribution in [-0.4, -0.2) is 35.6 Å². The number of benzene rings is 1. The van der Waals surface area contributed by atoms with Crippen LogP contribution in [0.15, 0.2) is 18.2 Å². The summed E-state index contributed by atoms with van der Waals surface area (Å²) in [5.74, 6) is -0.113. The van der Waals surface area contributed by atoms with Crippen LogP contribution in [0.4, 0.5) is 0 Å². The van der Waals surface area contributed by atoms with Crippen molar-refractivity contribution in [1.29, 1.82) is 0 Å². The normalized spacial score (nSPS) is 14.9. The van der Waals surface area contributed by atoms with Gasteiger partial charge < -0.3 is 14.2 Å². The van der Waals surface area contributed by atoms with Gasteiger partial charge in [0.05, 0.1) is 6.61 Å². The molecule has 23 heavy (non-hydrogen) atoms. The van der Waals surface area contributed by atoms with Crippen LogP contribution in [0.1, 0.15) is 31.0 Å². The minimum atomic E-state index is -0.113. The summed E-state index contributed by atoms with van der Waals surface area (Å²) in [6.45, 7) is 5.14. The van der Waals surface area contributed by atoms with E-state index in [4.69, 9.17) is 16.3 Å². The molecule has 1 aliphatic heterocycles. The van der Waals surface area contributed by atoms with Crippen molar-refractivity contribution in [3.05, 3.63) is 34.5 Å².